The third-order valence-corrected chi connectivity index (χ3v) is 6.64. The van der Waals surface area contributed by atoms with Crippen LogP contribution in [0.2, 0.25) is 0 Å². The number of nitrogens with one attached hydrogen (secondary N) is 1. The molecule has 1 amide bonds. The van der Waals surface area contributed by atoms with Gasteiger partial charge in [0.1, 0.15) is 0 Å². The Morgan fingerprint density at radius 2 is 1.61 bits per heavy atom. The molecule has 1 aromatic carbocycles. The van der Waals surface area contributed by atoms with Crippen molar-refractivity contribution in [3.63, 3.8) is 0 Å². The highest BCUT2D eigenvalue weighted by atomic mass is 16.5. The van der Waals surface area contributed by atoms with Crippen molar-refractivity contribution < 1.29 is 23.9 Å². The molecule has 0 radical (unpaired) electrons. The summed E-state index contributed by atoms with van der Waals surface area (Å²) in [7, 11) is 1.56. The minimum atomic E-state index is -0.384. The van der Waals surface area contributed by atoms with E-state index in [1.165, 1.54) is 0 Å². The van der Waals surface area contributed by atoms with Gasteiger partial charge in [0.2, 0.25) is 0 Å². The van der Waals surface area contributed by atoms with Gasteiger partial charge in [-0.1, -0.05) is 6.07 Å². The first-order valence-corrected chi connectivity index (χ1v) is 11.9. The number of carbonyl (C=O) groups excluding carboxylic acids is 3. The highest BCUT2D eigenvalue weighted by Crippen LogP contribution is 2.49. The number of ether oxygens (including phenoxy) is 2. The highest BCUT2D eigenvalue weighted by molar-refractivity contribution is 6.06. The van der Waals surface area contributed by atoms with Gasteiger partial charge in [0.05, 0.1) is 6.61 Å². The Morgan fingerprint density at radius 1 is 0.970 bits per heavy atom. The van der Waals surface area contributed by atoms with Crippen molar-refractivity contribution in [1.29, 1.82) is 0 Å². The second-order valence-electron chi connectivity index (χ2n) is 8.55. The first kappa shape index (κ1) is 23.1. The van der Waals surface area contributed by atoms with Gasteiger partial charge in [-0.15, -0.1) is 0 Å². The van der Waals surface area contributed by atoms with Gasteiger partial charge in [0, 0.05) is 54.9 Å². The molecule has 33 heavy (non-hydrogen) atoms. The lowest BCUT2D eigenvalue weighted by molar-refractivity contribution is -0.122. The van der Waals surface area contributed by atoms with Crippen LogP contribution < -0.4 is 14.8 Å². The van der Waals surface area contributed by atoms with Crippen molar-refractivity contribution in [2.45, 2.75) is 58.3 Å². The van der Waals surface area contributed by atoms with E-state index in [1.54, 1.807) is 13.1 Å². The zero-order chi connectivity index (χ0) is 23.5. The molecule has 176 valence electrons. The van der Waals surface area contributed by atoms with E-state index in [9.17, 15) is 14.4 Å². The normalized spacial score (nSPS) is 18.8. The summed E-state index contributed by atoms with van der Waals surface area (Å²) >= 11 is 0. The molecule has 0 fully saturated rings. The first-order chi connectivity index (χ1) is 16.0. The van der Waals surface area contributed by atoms with Crippen LogP contribution in [-0.4, -0.2) is 49.2 Å². The van der Waals surface area contributed by atoms with Gasteiger partial charge in [0.15, 0.2) is 29.7 Å². The average molecular weight is 453 g/mol. The fourth-order valence-electron chi connectivity index (χ4n) is 5.24. The van der Waals surface area contributed by atoms with Crippen LogP contribution in [0, 0.1) is 0 Å². The molecule has 0 unspecified atom stereocenters. The second-order valence-corrected chi connectivity index (χ2v) is 8.55. The number of likely N-dealkylation sites (N-methyl/N-ethyl adjacent to an activating group) is 1. The lowest BCUT2D eigenvalue weighted by atomic mass is 9.71. The fraction of sp³-hybridized carbons (Fsp3) is 0.500. The Hall–Kier alpha value is -3.09. The number of carbonyl (C=O) groups is 3. The third kappa shape index (κ3) is 4.28. The van der Waals surface area contributed by atoms with Gasteiger partial charge in [-0.25, -0.2) is 0 Å². The maximum Gasteiger partial charge on any atom is 0.257 e. The predicted molar refractivity (Wildman–Crippen MR) is 124 cm³/mol. The number of rotatable bonds is 7. The van der Waals surface area contributed by atoms with Crippen molar-refractivity contribution in [1.82, 2.24) is 10.2 Å². The van der Waals surface area contributed by atoms with Gasteiger partial charge in [-0.3, -0.25) is 14.4 Å². The molecule has 1 aromatic rings. The van der Waals surface area contributed by atoms with Crippen LogP contribution in [0.5, 0.6) is 11.5 Å². The molecule has 0 spiro atoms. The summed E-state index contributed by atoms with van der Waals surface area (Å²) in [4.78, 5) is 40.3. The van der Waals surface area contributed by atoms with E-state index in [4.69, 9.17) is 9.47 Å². The molecular formula is C26H32N2O5. The topological polar surface area (TPSA) is 84.9 Å². The van der Waals surface area contributed by atoms with Crippen LogP contribution in [0.15, 0.2) is 40.7 Å². The molecule has 0 atom stereocenters. The molecule has 3 aliphatic rings. The van der Waals surface area contributed by atoms with Crippen molar-refractivity contribution >= 4 is 17.5 Å². The predicted octanol–water partition coefficient (Wildman–Crippen LogP) is 3.64. The van der Waals surface area contributed by atoms with Crippen LogP contribution in [0.3, 0.4) is 0 Å². The summed E-state index contributed by atoms with van der Waals surface area (Å²) in [5.74, 6) is 0.602. The Labute approximate surface area is 194 Å². The maximum atomic E-state index is 13.2. The standard InChI is InChI=1S/C26H32N2O5/c1-4-28-17-8-6-10-19(29)25(17)24(26-18(28)9-7-11-20(26)30)16-12-13-21(22(14-16)32-5-2)33-15-23(31)27-3/h12-14,24H,4-11,15H2,1-3H3,(H,27,31). The van der Waals surface area contributed by atoms with Gasteiger partial charge < -0.3 is 19.7 Å². The molecule has 0 saturated carbocycles. The molecule has 1 aliphatic heterocycles. The van der Waals surface area contributed by atoms with E-state index in [1.807, 2.05) is 19.1 Å². The Kier molecular flexibility index (Phi) is 6.86. The molecular weight excluding hydrogens is 420 g/mol. The quantitative estimate of drug-likeness (QED) is 0.680. The SMILES string of the molecule is CCOc1cc(C2C3=C(CCCC3=O)N(CC)C3=C2C(=O)CCC3)ccc1OCC(=O)NC. The number of benzene rings is 1. The van der Waals surface area contributed by atoms with Crippen molar-refractivity contribution in [3.05, 3.63) is 46.3 Å². The first-order valence-electron chi connectivity index (χ1n) is 11.9. The van der Waals surface area contributed by atoms with E-state index in [0.717, 1.165) is 60.3 Å². The van der Waals surface area contributed by atoms with E-state index in [2.05, 4.69) is 17.1 Å². The molecule has 7 nitrogen and oxygen atoms in total. The van der Waals surface area contributed by atoms with Crippen LogP contribution >= 0.6 is 0 Å². The lowest BCUT2D eigenvalue weighted by Crippen LogP contribution is -2.39. The van der Waals surface area contributed by atoms with Crippen LogP contribution in [0.4, 0.5) is 0 Å². The number of Topliss-reactive ketones (excluding diaryl/α,β-unsaturated/α-hetero) is 2. The van der Waals surface area contributed by atoms with Crippen LogP contribution in [-0.2, 0) is 14.4 Å². The van der Waals surface area contributed by atoms with Crippen molar-refractivity contribution in [2.24, 2.45) is 0 Å². The lowest BCUT2D eigenvalue weighted by Gasteiger charge is -2.43. The van der Waals surface area contributed by atoms with E-state index < -0.39 is 0 Å². The van der Waals surface area contributed by atoms with Gasteiger partial charge in [-0.05, 0) is 57.2 Å². The molecule has 0 saturated heterocycles. The zero-order valence-corrected chi connectivity index (χ0v) is 19.7. The minimum absolute atomic E-state index is 0.119. The van der Waals surface area contributed by atoms with E-state index in [-0.39, 0.29) is 30.0 Å². The Bertz CT molecular complexity index is 995. The molecule has 1 N–H and O–H groups in total. The van der Waals surface area contributed by atoms with Crippen LogP contribution in [0.25, 0.3) is 0 Å². The summed E-state index contributed by atoms with van der Waals surface area (Å²) in [6.45, 7) is 5.02. The van der Waals surface area contributed by atoms with Gasteiger partial charge in [-0.2, -0.15) is 0 Å². The number of allylic oxidation sites excluding steroid dienone is 4. The largest absolute Gasteiger partial charge is 0.490 e. The summed E-state index contributed by atoms with van der Waals surface area (Å²) in [6.07, 6.45) is 4.40. The van der Waals surface area contributed by atoms with E-state index in [0.29, 0.717) is 30.9 Å². The molecule has 1 heterocycles. The third-order valence-electron chi connectivity index (χ3n) is 6.64. The smallest absolute Gasteiger partial charge is 0.257 e. The molecule has 0 bridgehead atoms. The number of ketones is 2. The van der Waals surface area contributed by atoms with E-state index >= 15 is 0 Å². The molecule has 4 rings (SSSR count). The van der Waals surface area contributed by atoms with Crippen molar-refractivity contribution in [3.8, 4) is 11.5 Å². The highest BCUT2D eigenvalue weighted by Gasteiger charge is 2.43. The number of amides is 1. The monoisotopic (exact) mass is 452 g/mol. The number of nitrogens with zero attached hydrogens (tertiary/aromatic N) is 1. The minimum Gasteiger partial charge on any atom is -0.490 e. The Balaban J connectivity index is 1.83. The zero-order valence-electron chi connectivity index (χ0n) is 19.7. The van der Waals surface area contributed by atoms with Crippen LogP contribution in [0.1, 0.15) is 63.9 Å². The second kappa shape index (κ2) is 9.81. The Morgan fingerprint density at radius 3 is 2.15 bits per heavy atom. The summed E-state index contributed by atoms with van der Waals surface area (Å²) < 4.78 is 11.5. The summed E-state index contributed by atoms with van der Waals surface area (Å²) in [5.41, 5.74) is 4.53. The summed E-state index contributed by atoms with van der Waals surface area (Å²) in [5, 5.41) is 2.53. The number of hydrogen-bond donors (Lipinski definition) is 1. The average Bonchev–Trinajstić information content (AvgIpc) is 2.82. The molecule has 0 aromatic heterocycles. The van der Waals surface area contributed by atoms with Crippen molar-refractivity contribution in [2.75, 3.05) is 26.8 Å². The van der Waals surface area contributed by atoms with Gasteiger partial charge in [0.25, 0.3) is 5.91 Å². The number of hydrogen-bond acceptors (Lipinski definition) is 6. The van der Waals surface area contributed by atoms with Gasteiger partial charge >= 0.3 is 0 Å². The molecule has 7 heteroatoms. The summed E-state index contributed by atoms with van der Waals surface area (Å²) in [6, 6.07) is 5.54. The fourth-order valence-corrected chi connectivity index (χ4v) is 5.24. The maximum absolute atomic E-state index is 13.2. The molecule has 2 aliphatic carbocycles.